The normalized spacial score (nSPS) is 17.8. The molecule has 0 saturated heterocycles. The highest BCUT2D eigenvalue weighted by Gasteiger charge is 2.54. The number of hydrogen-bond donors (Lipinski definition) is 0. The average Bonchev–Trinajstić information content (AvgIpc) is 3.33. The van der Waals surface area contributed by atoms with Gasteiger partial charge in [-0.3, -0.25) is 0 Å². The Balaban J connectivity index is 1.50. The number of fused-ring (bicyclic) bond motifs is 6. The van der Waals surface area contributed by atoms with Gasteiger partial charge in [-0.2, -0.15) is 0 Å². The van der Waals surface area contributed by atoms with Gasteiger partial charge in [0.2, 0.25) is 13.4 Å². The van der Waals surface area contributed by atoms with E-state index in [1.54, 1.807) is 0 Å². The van der Waals surface area contributed by atoms with Crippen molar-refractivity contribution < 1.29 is 0 Å². The summed E-state index contributed by atoms with van der Waals surface area (Å²) in [6.45, 7) is 18.8. The summed E-state index contributed by atoms with van der Waals surface area (Å²) in [7, 11) is 0. The van der Waals surface area contributed by atoms with Gasteiger partial charge in [-0.05, 0) is 84.0 Å². The Morgan fingerprint density at radius 2 is 1.14 bits per heavy atom. The summed E-state index contributed by atoms with van der Waals surface area (Å²) in [5.74, 6) is 0.354. The molecule has 0 aromatic heterocycles. The minimum Gasteiger partial charge on any atom is -0.330 e. The molecule has 0 N–H and O–H groups in total. The molecule has 3 aliphatic heterocycles. The number of anilines is 2. The van der Waals surface area contributed by atoms with Crippen molar-refractivity contribution in [3.8, 4) is 0 Å². The summed E-state index contributed by atoms with van der Waals surface area (Å²) in [6.07, 6.45) is 0. The van der Waals surface area contributed by atoms with E-state index in [2.05, 4.69) is 151 Å². The Kier molecular flexibility index (Phi) is 6.30. The molecule has 3 aliphatic rings. The highest BCUT2D eigenvalue weighted by atomic mass is 32.2. The van der Waals surface area contributed by atoms with Crippen molar-refractivity contribution in [1.29, 1.82) is 0 Å². The molecule has 0 saturated carbocycles. The molecule has 1 nitrogen and oxygen atoms in total. The first-order valence-corrected chi connectivity index (χ1v) is 17.0. The number of thioether (sulfide) groups is 1. The van der Waals surface area contributed by atoms with E-state index in [4.69, 9.17) is 0 Å². The molecule has 8 rings (SSSR count). The molecule has 5 aromatic carbocycles. The van der Waals surface area contributed by atoms with Crippen molar-refractivity contribution in [2.24, 2.45) is 0 Å². The van der Waals surface area contributed by atoms with Crippen LogP contribution in [0, 0.1) is 55.4 Å². The standard InChI is InChI=1S/C40H39B2NS/c1-22-13-14-34-31(19-22)41(36-26(5)15-23(2)16-27(36)6)32-20-25(4)21-33-39(32)43(34)40-38(30-11-9-10-12-35(30)44-40)42(33)37-28(7)17-24(3)18-29(37)8/h9-21,38,40H,1-8H3. The second-order valence-electron chi connectivity index (χ2n) is 13.8. The third-order valence-corrected chi connectivity index (χ3v) is 11.8. The maximum atomic E-state index is 2.76. The van der Waals surface area contributed by atoms with E-state index in [0.29, 0.717) is 5.82 Å². The summed E-state index contributed by atoms with van der Waals surface area (Å²) in [4.78, 5) is 4.20. The lowest BCUT2D eigenvalue weighted by molar-refractivity contribution is 0.819. The lowest BCUT2D eigenvalue weighted by Gasteiger charge is -2.49. The molecule has 0 spiro atoms. The summed E-state index contributed by atoms with van der Waals surface area (Å²) in [5.41, 5.74) is 22.7. The van der Waals surface area contributed by atoms with Gasteiger partial charge >= 0.3 is 0 Å². The summed E-state index contributed by atoms with van der Waals surface area (Å²) >= 11 is 2.08. The second-order valence-corrected chi connectivity index (χ2v) is 15.0. The van der Waals surface area contributed by atoms with Crippen LogP contribution in [0.2, 0.25) is 0 Å². The number of benzene rings is 5. The predicted molar refractivity (Wildman–Crippen MR) is 194 cm³/mol. The first-order chi connectivity index (χ1) is 21.1. The molecule has 2 atom stereocenters. The van der Waals surface area contributed by atoms with Crippen LogP contribution in [0.4, 0.5) is 11.4 Å². The number of aryl methyl sites for hydroxylation is 8. The van der Waals surface area contributed by atoms with Crippen molar-refractivity contribution in [3.63, 3.8) is 0 Å². The van der Waals surface area contributed by atoms with Gasteiger partial charge in [0.1, 0.15) is 0 Å². The average molecular weight is 587 g/mol. The Morgan fingerprint density at radius 3 is 1.82 bits per heavy atom. The first kappa shape index (κ1) is 27.9. The zero-order valence-corrected chi connectivity index (χ0v) is 28.0. The maximum Gasteiger partial charge on any atom is 0.247 e. The summed E-state index contributed by atoms with van der Waals surface area (Å²) in [5, 5.41) is 0.286. The van der Waals surface area contributed by atoms with Crippen LogP contribution in [0.15, 0.2) is 83.8 Å². The van der Waals surface area contributed by atoms with Gasteiger partial charge in [0.05, 0.1) is 5.37 Å². The molecule has 0 radical (unpaired) electrons. The molecule has 5 aromatic rings. The van der Waals surface area contributed by atoms with Gasteiger partial charge < -0.3 is 4.90 Å². The largest absolute Gasteiger partial charge is 0.330 e. The van der Waals surface area contributed by atoms with Gasteiger partial charge in [0.15, 0.2) is 0 Å². The van der Waals surface area contributed by atoms with E-state index < -0.39 is 0 Å². The number of nitrogens with zero attached hydrogens (tertiary/aromatic N) is 1. The van der Waals surface area contributed by atoms with Gasteiger partial charge in [-0.25, -0.2) is 0 Å². The molecule has 216 valence electrons. The lowest BCUT2D eigenvalue weighted by atomic mass is 9.27. The maximum absolute atomic E-state index is 2.76. The highest BCUT2D eigenvalue weighted by molar-refractivity contribution is 8.00. The van der Waals surface area contributed by atoms with E-state index in [0.717, 1.165) is 0 Å². The molecular weight excluding hydrogens is 548 g/mol. The van der Waals surface area contributed by atoms with Crippen molar-refractivity contribution in [3.05, 3.63) is 129 Å². The van der Waals surface area contributed by atoms with E-state index in [1.165, 1.54) is 93.7 Å². The monoisotopic (exact) mass is 587 g/mol. The molecule has 0 fully saturated rings. The topological polar surface area (TPSA) is 3.24 Å². The van der Waals surface area contributed by atoms with E-state index in [-0.39, 0.29) is 18.8 Å². The third kappa shape index (κ3) is 3.96. The van der Waals surface area contributed by atoms with Crippen molar-refractivity contribution in [2.45, 2.75) is 71.5 Å². The van der Waals surface area contributed by atoms with Gasteiger partial charge in [0.25, 0.3) is 0 Å². The minimum absolute atomic E-state index is 0.196. The summed E-state index contributed by atoms with van der Waals surface area (Å²) in [6, 6.07) is 31.1. The Morgan fingerprint density at radius 1 is 0.568 bits per heavy atom. The number of hydrogen-bond acceptors (Lipinski definition) is 2. The molecule has 44 heavy (non-hydrogen) atoms. The fourth-order valence-corrected chi connectivity index (χ4v) is 10.7. The number of rotatable bonds is 2. The van der Waals surface area contributed by atoms with Crippen LogP contribution < -0.4 is 32.2 Å². The molecule has 2 unspecified atom stereocenters. The molecule has 4 heteroatoms. The van der Waals surface area contributed by atoms with Crippen LogP contribution in [0.1, 0.15) is 55.9 Å². The lowest BCUT2D eigenvalue weighted by Crippen LogP contribution is -2.67. The zero-order valence-electron chi connectivity index (χ0n) is 27.2. The van der Waals surface area contributed by atoms with Crippen molar-refractivity contribution in [2.75, 3.05) is 4.90 Å². The highest BCUT2D eigenvalue weighted by Crippen LogP contribution is 2.53. The van der Waals surface area contributed by atoms with Crippen LogP contribution in [0.3, 0.4) is 0 Å². The van der Waals surface area contributed by atoms with Crippen LogP contribution in [0.25, 0.3) is 0 Å². The molecule has 3 heterocycles. The molecule has 0 bridgehead atoms. The van der Waals surface area contributed by atoms with Crippen molar-refractivity contribution >= 4 is 63.9 Å². The Hall–Kier alpha value is -3.62. The van der Waals surface area contributed by atoms with Crippen LogP contribution >= 0.6 is 11.8 Å². The smallest absolute Gasteiger partial charge is 0.247 e. The Labute approximate surface area is 268 Å². The van der Waals surface area contributed by atoms with Gasteiger partial charge in [-0.1, -0.05) is 128 Å². The van der Waals surface area contributed by atoms with E-state index >= 15 is 0 Å². The summed E-state index contributed by atoms with van der Waals surface area (Å²) < 4.78 is 0. The first-order valence-electron chi connectivity index (χ1n) is 16.1. The SMILES string of the molecule is Cc1cc(C)c(B2c3cc(C)ccc3N3c4c2cc(C)cc4B(c2c(C)cc(C)cc2C)C2c4ccccc4SC23)c(C)c1. The fourth-order valence-electron chi connectivity index (χ4n) is 9.19. The minimum atomic E-state index is 0.196. The molecular formula is C40H39B2NS. The van der Waals surface area contributed by atoms with E-state index in [9.17, 15) is 0 Å². The van der Waals surface area contributed by atoms with Crippen LogP contribution in [-0.2, 0) is 0 Å². The van der Waals surface area contributed by atoms with Crippen LogP contribution in [0.5, 0.6) is 0 Å². The quantitative estimate of drug-likeness (QED) is 0.217. The van der Waals surface area contributed by atoms with Crippen molar-refractivity contribution in [1.82, 2.24) is 0 Å². The van der Waals surface area contributed by atoms with Gasteiger partial charge in [-0.15, -0.1) is 11.8 Å². The second kappa shape index (κ2) is 9.94. The fraction of sp³-hybridized carbons (Fsp3) is 0.250. The predicted octanol–water partition coefficient (Wildman–Crippen LogP) is 6.50. The van der Waals surface area contributed by atoms with Gasteiger partial charge in [0, 0.05) is 22.1 Å². The molecule has 0 aliphatic carbocycles. The zero-order chi connectivity index (χ0) is 30.6. The van der Waals surface area contributed by atoms with Crippen LogP contribution in [-0.4, -0.2) is 18.8 Å². The molecule has 0 amide bonds. The Bertz CT molecular complexity index is 1980. The van der Waals surface area contributed by atoms with E-state index in [1.807, 2.05) is 0 Å². The third-order valence-electron chi connectivity index (χ3n) is 10.5.